The fraction of sp³-hybridized carbons (Fsp3) is 0.375. The third-order valence-corrected chi connectivity index (χ3v) is 16.4. The normalized spacial score (nSPS) is 14.6. The van der Waals surface area contributed by atoms with Gasteiger partial charge >= 0.3 is 0 Å². The van der Waals surface area contributed by atoms with E-state index in [9.17, 15) is 0 Å². The lowest BCUT2D eigenvalue weighted by Gasteiger charge is -2.16. The van der Waals surface area contributed by atoms with E-state index in [1.807, 2.05) is 0 Å². The molecule has 0 saturated heterocycles. The Morgan fingerprint density at radius 1 is 0.700 bits per heavy atom. The molecular formula is C16H24I2Si2. The number of hydrogen-bond acceptors (Lipinski definition) is 0. The molecule has 0 aliphatic rings. The van der Waals surface area contributed by atoms with E-state index >= 15 is 0 Å². The highest BCUT2D eigenvalue weighted by Crippen LogP contribution is 2.26. The van der Waals surface area contributed by atoms with Crippen LogP contribution < -0.4 is 0 Å². The number of hydrogen-bond donors (Lipinski definition) is 0. The Hall–Kier alpha value is 0.594. The molecule has 0 nitrogen and oxygen atoms in total. The molecule has 0 atom stereocenters. The second-order valence-corrected chi connectivity index (χ2v) is 21.6. The average Bonchev–Trinajstić information content (AvgIpc) is 2.29. The number of rotatable bonds is 4. The van der Waals surface area contributed by atoms with Crippen molar-refractivity contribution in [2.24, 2.45) is 0 Å². The molecule has 0 bridgehead atoms. The van der Waals surface area contributed by atoms with Crippen molar-refractivity contribution in [3.05, 3.63) is 41.8 Å². The largest absolute Gasteiger partial charge is 0.0854 e. The maximum atomic E-state index is 2.51. The van der Waals surface area contributed by atoms with Crippen molar-refractivity contribution in [3.8, 4) is 0 Å². The molecule has 0 aromatic heterocycles. The summed E-state index contributed by atoms with van der Waals surface area (Å²) in [6, 6.07) is 8.94. The molecule has 0 heterocycles. The van der Waals surface area contributed by atoms with E-state index in [4.69, 9.17) is 0 Å². The van der Waals surface area contributed by atoms with E-state index in [1.54, 1.807) is 0 Å². The zero-order chi connectivity index (χ0) is 15.6. The van der Waals surface area contributed by atoms with Gasteiger partial charge in [-0.3, -0.25) is 0 Å². The first-order valence-electron chi connectivity index (χ1n) is 6.85. The first-order chi connectivity index (χ1) is 9.00. The van der Waals surface area contributed by atoms with Gasteiger partial charge in [0.15, 0.2) is 0 Å². The lowest BCUT2D eigenvalue weighted by atomic mass is 10.1. The molecule has 0 aliphatic carbocycles. The molecule has 20 heavy (non-hydrogen) atoms. The zero-order valence-corrected chi connectivity index (χ0v) is 19.5. The first kappa shape index (κ1) is 18.6. The monoisotopic (exact) mass is 526 g/mol. The Labute approximate surface area is 153 Å². The summed E-state index contributed by atoms with van der Waals surface area (Å²) in [4.78, 5) is 0. The van der Waals surface area contributed by atoms with Crippen LogP contribution in [-0.2, 0) is 0 Å². The summed E-state index contributed by atoms with van der Waals surface area (Å²) >= 11 is 5.01. The van der Waals surface area contributed by atoms with Crippen molar-refractivity contribution >= 4 is 73.5 Å². The second kappa shape index (κ2) is 7.24. The molecule has 0 amide bonds. The minimum absolute atomic E-state index is 1.17. The fourth-order valence-electron chi connectivity index (χ4n) is 1.41. The molecule has 0 spiro atoms. The van der Waals surface area contributed by atoms with Crippen LogP contribution in [0.15, 0.2) is 30.7 Å². The summed E-state index contributed by atoms with van der Waals surface area (Å²) in [5, 5.41) is 0. The highest BCUT2D eigenvalue weighted by molar-refractivity contribution is 14.1. The van der Waals surface area contributed by atoms with Crippen molar-refractivity contribution in [1.82, 2.24) is 0 Å². The summed E-state index contributed by atoms with van der Waals surface area (Å²) in [5.74, 6) is 0. The third-order valence-electron chi connectivity index (χ3n) is 2.96. The van der Waals surface area contributed by atoms with E-state index < -0.39 is 16.1 Å². The standard InChI is InChI=1S/C16H24I2Si2/c1-19(2,3)15(17)11-13-7-9-14(10-8-13)12-16(18)20(4,5)6/h7-12H,1-6H3/b15-11+,16-12+. The lowest BCUT2D eigenvalue weighted by Crippen LogP contribution is -2.20. The van der Waals surface area contributed by atoms with Gasteiger partial charge in [-0.25, -0.2) is 0 Å². The quantitative estimate of drug-likeness (QED) is 0.293. The molecule has 1 aromatic carbocycles. The van der Waals surface area contributed by atoms with Crippen LogP contribution in [-0.4, -0.2) is 16.1 Å². The first-order valence-corrected chi connectivity index (χ1v) is 16.0. The molecular weight excluding hydrogens is 502 g/mol. The summed E-state index contributed by atoms with van der Waals surface area (Å²) in [5.41, 5.74) is 2.63. The van der Waals surface area contributed by atoms with Crippen LogP contribution in [0.3, 0.4) is 0 Å². The zero-order valence-electron chi connectivity index (χ0n) is 13.2. The van der Waals surface area contributed by atoms with Crippen LogP contribution >= 0.6 is 45.2 Å². The molecule has 4 heteroatoms. The van der Waals surface area contributed by atoms with E-state index in [1.165, 1.54) is 17.5 Å². The predicted molar refractivity (Wildman–Crippen MR) is 117 cm³/mol. The SMILES string of the molecule is C[Si](C)(C)/C(I)=C/c1ccc(/C=C(\I)[Si](C)(C)C)cc1. The van der Waals surface area contributed by atoms with Crippen molar-refractivity contribution < 1.29 is 0 Å². The minimum atomic E-state index is -1.17. The number of halogens is 2. The fourth-order valence-corrected chi connectivity index (χ4v) is 3.33. The van der Waals surface area contributed by atoms with Gasteiger partial charge in [0, 0.05) is 0 Å². The van der Waals surface area contributed by atoms with Crippen LogP contribution in [0, 0.1) is 0 Å². The van der Waals surface area contributed by atoms with E-state index in [-0.39, 0.29) is 0 Å². The molecule has 110 valence electrons. The van der Waals surface area contributed by atoms with E-state index in [0.29, 0.717) is 0 Å². The Kier molecular flexibility index (Phi) is 6.75. The summed E-state index contributed by atoms with van der Waals surface area (Å²) in [6.07, 6.45) is 4.67. The highest BCUT2D eigenvalue weighted by atomic mass is 127. The molecule has 1 rings (SSSR count). The van der Waals surface area contributed by atoms with Crippen molar-refractivity contribution in [1.29, 1.82) is 0 Å². The van der Waals surface area contributed by atoms with Gasteiger partial charge in [0.2, 0.25) is 0 Å². The van der Waals surface area contributed by atoms with Gasteiger partial charge in [-0.05, 0) is 29.7 Å². The summed E-state index contributed by atoms with van der Waals surface area (Å²) in [6.45, 7) is 14.3. The molecule has 0 N–H and O–H groups in total. The molecule has 0 fully saturated rings. The highest BCUT2D eigenvalue weighted by Gasteiger charge is 2.17. The Bertz CT molecular complexity index is 466. The smallest absolute Gasteiger partial charge is 0.0652 e. The van der Waals surface area contributed by atoms with Gasteiger partial charge in [0.1, 0.15) is 0 Å². The van der Waals surface area contributed by atoms with Crippen LogP contribution in [0.5, 0.6) is 0 Å². The molecule has 0 aliphatic heterocycles. The number of benzene rings is 1. The van der Waals surface area contributed by atoms with Crippen LogP contribution in [0.2, 0.25) is 39.3 Å². The Balaban J connectivity index is 2.96. The van der Waals surface area contributed by atoms with E-state index in [2.05, 4.69) is 121 Å². The van der Waals surface area contributed by atoms with Crippen LogP contribution in [0.25, 0.3) is 12.2 Å². The van der Waals surface area contributed by atoms with Gasteiger partial charge in [-0.15, -0.1) is 0 Å². The van der Waals surface area contributed by atoms with Crippen molar-refractivity contribution in [2.75, 3.05) is 0 Å². The third kappa shape index (κ3) is 6.15. The van der Waals surface area contributed by atoms with Gasteiger partial charge in [0.25, 0.3) is 0 Å². The molecule has 0 unspecified atom stereocenters. The minimum Gasteiger partial charge on any atom is -0.0652 e. The van der Waals surface area contributed by atoms with Gasteiger partial charge in [-0.2, -0.15) is 0 Å². The summed E-state index contributed by atoms with van der Waals surface area (Å²) in [7, 11) is -2.34. The predicted octanol–water partition coefficient (Wildman–Crippen LogP) is 6.99. The molecule has 0 radical (unpaired) electrons. The van der Waals surface area contributed by atoms with Crippen LogP contribution in [0.4, 0.5) is 0 Å². The van der Waals surface area contributed by atoms with E-state index in [0.717, 1.165) is 0 Å². The molecule has 1 aromatic rings. The maximum Gasteiger partial charge on any atom is 0.0854 e. The molecule has 0 saturated carbocycles. The maximum absolute atomic E-state index is 2.51. The topological polar surface area (TPSA) is 0 Å². The van der Waals surface area contributed by atoms with Crippen molar-refractivity contribution in [2.45, 2.75) is 39.3 Å². The van der Waals surface area contributed by atoms with Gasteiger partial charge < -0.3 is 0 Å². The van der Waals surface area contributed by atoms with Gasteiger partial charge in [0.05, 0.1) is 16.1 Å². The van der Waals surface area contributed by atoms with Crippen molar-refractivity contribution in [3.63, 3.8) is 0 Å². The lowest BCUT2D eigenvalue weighted by molar-refractivity contribution is 1.61. The van der Waals surface area contributed by atoms with Gasteiger partial charge in [-0.1, -0.05) is 109 Å². The van der Waals surface area contributed by atoms with Crippen LogP contribution in [0.1, 0.15) is 11.1 Å². The summed E-state index contributed by atoms with van der Waals surface area (Å²) < 4.78 is 3.05. The average molecular weight is 526 g/mol. The Morgan fingerprint density at radius 3 is 1.15 bits per heavy atom. The second-order valence-electron chi connectivity index (χ2n) is 7.15. The Morgan fingerprint density at radius 2 is 0.950 bits per heavy atom.